The fraction of sp³-hybridized carbons (Fsp3) is 0.464. The molecular weight excluding hydrogens is 570 g/mol. The van der Waals surface area contributed by atoms with E-state index in [2.05, 4.69) is 20.3 Å². The Bertz CT molecular complexity index is 1610. The maximum Gasteiger partial charge on any atom is 0.247 e. The number of aromatic nitrogens is 3. The molecule has 2 fully saturated rings. The van der Waals surface area contributed by atoms with Crippen LogP contribution in [0.4, 0.5) is 8.78 Å². The molecule has 3 aliphatic rings. The van der Waals surface area contributed by atoms with Gasteiger partial charge in [-0.25, -0.2) is 26.9 Å². The second-order valence-electron chi connectivity index (χ2n) is 11.2. The predicted molar refractivity (Wildman–Crippen MR) is 147 cm³/mol. The van der Waals surface area contributed by atoms with E-state index in [0.717, 1.165) is 10.4 Å². The summed E-state index contributed by atoms with van der Waals surface area (Å²) in [6.45, 7) is 1.50. The number of nitrogens with zero attached hydrogens (tertiary/aromatic N) is 5. The van der Waals surface area contributed by atoms with Crippen LogP contribution in [0.15, 0.2) is 47.6 Å². The summed E-state index contributed by atoms with van der Waals surface area (Å²) in [5, 5.41) is 17.7. The van der Waals surface area contributed by atoms with Gasteiger partial charge in [0.1, 0.15) is 23.0 Å². The summed E-state index contributed by atoms with van der Waals surface area (Å²) in [5.41, 5.74) is 0.582. The van der Waals surface area contributed by atoms with Crippen LogP contribution < -0.4 is 10.1 Å². The van der Waals surface area contributed by atoms with Gasteiger partial charge >= 0.3 is 0 Å². The first-order valence-electron chi connectivity index (χ1n) is 13.8. The Morgan fingerprint density at radius 2 is 1.90 bits per heavy atom. The first-order chi connectivity index (χ1) is 20.0. The van der Waals surface area contributed by atoms with Crippen LogP contribution in [0.5, 0.6) is 5.75 Å². The molecule has 1 spiro atoms. The SMILES string of the molecule is Cn1ncnc1-c1ccc2c(c1)OCCC1(CCN(Cc3ccc(F)c(F)c3)CC1)NC(=O)[C@@H]1C[C@@H](O)CN1S2(=O)=O. The van der Waals surface area contributed by atoms with Crippen LogP contribution in [0.3, 0.4) is 0 Å². The molecule has 2 saturated heterocycles. The Labute approximate surface area is 242 Å². The molecule has 1 aromatic heterocycles. The molecule has 3 aliphatic heterocycles. The molecule has 11 nitrogen and oxygen atoms in total. The van der Waals surface area contributed by atoms with E-state index in [4.69, 9.17) is 4.74 Å². The minimum Gasteiger partial charge on any atom is -0.492 e. The van der Waals surface area contributed by atoms with Gasteiger partial charge in [0, 0.05) is 57.2 Å². The number of aliphatic hydroxyl groups excluding tert-OH is 1. The van der Waals surface area contributed by atoms with Gasteiger partial charge in [0.15, 0.2) is 17.5 Å². The lowest BCUT2D eigenvalue weighted by molar-refractivity contribution is -0.127. The number of ether oxygens (including phenoxy) is 1. The first-order valence-corrected chi connectivity index (χ1v) is 15.3. The maximum atomic E-state index is 13.9. The topological polar surface area (TPSA) is 130 Å². The van der Waals surface area contributed by atoms with Gasteiger partial charge < -0.3 is 15.2 Å². The van der Waals surface area contributed by atoms with E-state index < -0.39 is 45.2 Å². The molecular formula is C28H32F2N6O5S. The lowest BCUT2D eigenvalue weighted by Crippen LogP contribution is -2.59. The van der Waals surface area contributed by atoms with Crippen LogP contribution in [0, 0.1) is 11.6 Å². The second kappa shape index (κ2) is 11.0. The van der Waals surface area contributed by atoms with Crippen molar-refractivity contribution in [3.63, 3.8) is 0 Å². The van der Waals surface area contributed by atoms with Crippen LogP contribution >= 0.6 is 0 Å². The van der Waals surface area contributed by atoms with E-state index in [1.807, 2.05) is 0 Å². The minimum absolute atomic E-state index is 0.0172. The molecule has 2 N–H and O–H groups in total. The average Bonchev–Trinajstić information content (AvgIpc) is 3.57. The number of piperidine rings is 1. The zero-order chi connectivity index (χ0) is 29.6. The smallest absolute Gasteiger partial charge is 0.247 e. The lowest BCUT2D eigenvalue weighted by atomic mass is 9.84. The second-order valence-corrected chi connectivity index (χ2v) is 13.1. The number of hydrogen-bond donors (Lipinski definition) is 2. The van der Waals surface area contributed by atoms with Gasteiger partial charge in [-0.05, 0) is 48.7 Å². The molecule has 6 rings (SSSR count). The summed E-state index contributed by atoms with van der Waals surface area (Å²) in [6, 6.07) is 7.46. The van der Waals surface area contributed by atoms with Gasteiger partial charge in [-0.15, -0.1) is 0 Å². The molecule has 1 amide bonds. The summed E-state index contributed by atoms with van der Waals surface area (Å²) in [6.07, 6.45) is 1.89. The maximum absolute atomic E-state index is 13.9. The van der Waals surface area contributed by atoms with E-state index >= 15 is 0 Å². The summed E-state index contributed by atoms with van der Waals surface area (Å²) in [5.74, 6) is -1.58. The monoisotopic (exact) mass is 602 g/mol. The number of carbonyl (C=O) groups is 1. The van der Waals surface area contributed by atoms with Crippen LogP contribution in [-0.2, 0) is 28.4 Å². The van der Waals surface area contributed by atoms with E-state index in [0.29, 0.717) is 55.8 Å². The fourth-order valence-electron chi connectivity index (χ4n) is 6.12. The Morgan fingerprint density at radius 1 is 1.12 bits per heavy atom. The Hall–Kier alpha value is -3.46. The summed E-state index contributed by atoms with van der Waals surface area (Å²) >= 11 is 0. The number of amides is 1. The average molecular weight is 603 g/mol. The molecule has 2 aromatic carbocycles. The van der Waals surface area contributed by atoms with Crippen LogP contribution in [0.2, 0.25) is 0 Å². The number of nitrogens with one attached hydrogen (secondary N) is 1. The number of aliphatic hydroxyl groups is 1. The van der Waals surface area contributed by atoms with Gasteiger partial charge in [-0.3, -0.25) is 9.69 Å². The number of likely N-dealkylation sites (tertiary alicyclic amines) is 1. The van der Waals surface area contributed by atoms with Crippen molar-refractivity contribution in [3.05, 3.63) is 59.9 Å². The van der Waals surface area contributed by atoms with E-state index in [1.54, 1.807) is 29.9 Å². The third-order valence-electron chi connectivity index (χ3n) is 8.47. The van der Waals surface area contributed by atoms with Crippen molar-refractivity contribution >= 4 is 15.9 Å². The zero-order valence-corrected chi connectivity index (χ0v) is 23.9. The normalized spacial score (nSPS) is 24.3. The van der Waals surface area contributed by atoms with Gasteiger partial charge in [-0.1, -0.05) is 6.07 Å². The molecule has 42 heavy (non-hydrogen) atoms. The third kappa shape index (κ3) is 5.39. The van der Waals surface area contributed by atoms with E-state index in [-0.39, 0.29) is 30.2 Å². The quantitative estimate of drug-likeness (QED) is 0.465. The first kappa shape index (κ1) is 28.6. The van der Waals surface area contributed by atoms with E-state index in [1.165, 1.54) is 18.5 Å². The Kier molecular flexibility index (Phi) is 7.50. The molecule has 14 heteroatoms. The zero-order valence-electron chi connectivity index (χ0n) is 23.0. The Morgan fingerprint density at radius 3 is 2.62 bits per heavy atom. The predicted octanol–water partition coefficient (Wildman–Crippen LogP) is 1.82. The number of fused-ring (bicyclic) bond motifs is 2. The standard InChI is InChI=1S/C28H32F2N6O5S/c1-34-26(31-17-32-34)19-3-5-25-24(13-19)41-11-8-28(33-27(38)23-14-20(37)16-36(23)42(25,39)40)6-9-35(10-7-28)15-18-2-4-21(29)22(30)12-18/h2-5,12-13,17,20,23,37H,6-11,14-16H2,1H3,(H,33,38)/t20-,23+/m1/s1. The number of halogens is 2. The summed E-state index contributed by atoms with van der Waals surface area (Å²) < 4.78 is 63.7. The van der Waals surface area contributed by atoms with Gasteiger partial charge in [0.05, 0.1) is 12.7 Å². The molecule has 0 unspecified atom stereocenters. The number of benzene rings is 2. The molecule has 3 aromatic rings. The minimum atomic E-state index is -4.21. The summed E-state index contributed by atoms with van der Waals surface area (Å²) in [4.78, 5) is 19.9. The Balaban J connectivity index is 1.29. The molecule has 224 valence electrons. The highest BCUT2D eigenvalue weighted by atomic mass is 32.2. The number of aryl methyl sites for hydroxylation is 1. The highest BCUT2D eigenvalue weighted by molar-refractivity contribution is 7.89. The van der Waals surface area contributed by atoms with E-state index in [9.17, 15) is 27.1 Å². The number of sulfonamides is 1. The molecule has 4 heterocycles. The highest BCUT2D eigenvalue weighted by Gasteiger charge is 2.47. The van der Waals surface area contributed by atoms with Gasteiger partial charge in [0.2, 0.25) is 15.9 Å². The van der Waals surface area contributed by atoms with Crippen LogP contribution in [0.25, 0.3) is 11.4 Å². The van der Waals surface area contributed by atoms with Gasteiger partial charge in [-0.2, -0.15) is 9.40 Å². The van der Waals surface area contributed by atoms with Crippen molar-refractivity contribution in [1.82, 2.24) is 29.3 Å². The van der Waals surface area contributed by atoms with Crippen LogP contribution in [0.1, 0.15) is 31.2 Å². The van der Waals surface area contributed by atoms with Gasteiger partial charge in [0.25, 0.3) is 0 Å². The number of carbonyl (C=O) groups excluding carboxylic acids is 1. The van der Waals surface area contributed by atoms with Crippen molar-refractivity contribution in [1.29, 1.82) is 0 Å². The molecule has 0 aliphatic carbocycles. The van der Waals surface area contributed by atoms with Crippen molar-refractivity contribution in [2.75, 3.05) is 26.2 Å². The van der Waals surface area contributed by atoms with Crippen LogP contribution in [-0.4, -0.2) is 87.3 Å². The fourth-order valence-corrected chi connectivity index (χ4v) is 7.87. The number of rotatable bonds is 3. The van der Waals surface area contributed by atoms with Crippen molar-refractivity contribution in [2.45, 2.75) is 54.8 Å². The molecule has 2 atom stereocenters. The van der Waals surface area contributed by atoms with Crippen molar-refractivity contribution < 1.29 is 31.8 Å². The molecule has 0 saturated carbocycles. The van der Waals surface area contributed by atoms with Crippen molar-refractivity contribution in [2.24, 2.45) is 7.05 Å². The largest absolute Gasteiger partial charge is 0.492 e. The lowest BCUT2D eigenvalue weighted by Gasteiger charge is -2.43. The molecule has 0 bridgehead atoms. The van der Waals surface area contributed by atoms with Crippen molar-refractivity contribution in [3.8, 4) is 17.1 Å². The number of hydrogen-bond acceptors (Lipinski definition) is 8. The highest BCUT2D eigenvalue weighted by Crippen LogP contribution is 2.37. The molecule has 0 radical (unpaired) electrons. The summed E-state index contributed by atoms with van der Waals surface area (Å²) in [7, 11) is -2.48. The third-order valence-corrected chi connectivity index (χ3v) is 10.4.